The highest BCUT2D eigenvalue weighted by atomic mass is 32.2. The van der Waals surface area contributed by atoms with Crippen molar-refractivity contribution >= 4 is 19.9 Å². The monoisotopic (exact) mass is 459 g/mol. The Morgan fingerprint density at radius 2 is 1.45 bits per heavy atom. The molecule has 3 aromatic rings. The molecule has 0 aliphatic carbocycles. The molecule has 6 nitrogen and oxygen atoms in total. The van der Waals surface area contributed by atoms with Crippen molar-refractivity contribution in [2.45, 2.75) is 35.7 Å². The Balaban J connectivity index is 1.43. The largest absolute Gasteiger partial charge is 0.468 e. The highest BCUT2D eigenvalue weighted by Gasteiger charge is 2.35. The predicted octanol–water partition coefficient (Wildman–Crippen LogP) is 4.02. The van der Waals surface area contributed by atoms with Crippen LogP contribution >= 0.6 is 0 Å². The van der Waals surface area contributed by atoms with Crippen molar-refractivity contribution in [2.75, 3.05) is 13.1 Å². The molecular formula is C23H25NO5S2. The fourth-order valence-electron chi connectivity index (χ4n) is 3.86. The molecule has 1 aliphatic rings. The molecule has 0 atom stereocenters. The normalized spacial score (nSPS) is 16.4. The smallest absolute Gasteiger partial charge is 0.243 e. The van der Waals surface area contributed by atoms with Crippen LogP contribution in [0.5, 0.6) is 0 Å². The van der Waals surface area contributed by atoms with Crippen LogP contribution in [-0.4, -0.2) is 39.5 Å². The predicted molar refractivity (Wildman–Crippen MR) is 120 cm³/mol. The number of hydrogen-bond donors (Lipinski definition) is 0. The molecule has 1 aromatic heterocycles. The van der Waals surface area contributed by atoms with Gasteiger partial charge in [-0.1, -0.05) is 42.0 Å². The third-order valence-electron chi connectivity index (χ3n) is 5.71. The van der Waals surface area contributed by atoms with Crippen molar-refractivity contribution in [1.82, 2.24) is 4.31 Å². The second-order valence-corrected chi connectivity index (χ2v) is 12.1. The van der Waals surface area contributed by atoms with E-state index in [4.69, 9.17) is 4.42 Å². The van der Waals surface area contributed by atoms with Gasteiger partial charge in [0.05, 0.1) is 16.4 Å². The Hall–Kier alpha value is -2.42. The third-order valence-corrected chi connectivity index (χ3v) is 9.80. The summed E-state index contributed by atoms with van der Waals surface area (Å²) in [6.07, 6.45) is 2.01. The van der Waals surface area contributed by atoms with E-state index in [1.54, 1.807) is 36.4 Å². The Bertz CT molecular complexity index is 1220. The van der Waals surface area contributed by atoms with Crippen molar-refractivity contribution < 1.29 is 21.3 Å². The van der Waals surface area contributed by atoms with Crippen molar-refractivity contribution in [3.63, 3.8) is 0 Å². The first-order chi connectivity index (χ1) is 14.8. The minimum Gasteiger partial charge on any atom is -0.468 e. The molecule has 2 aromatic carbocycles. The topological polar surface area (TPSA) is 84.7 Å². The van der Waals surface area contributed by atoms with E-state index in [-0.39, 0.29) is 36.6 Å². The number of aryl methyl sites for hydroxylation is 1. The van der Waals surface area contributed by atoms with Gasteiger partial charge in [0.2, 0.25) is 10.0 Å². The van der Waals surface area contributed by atoms with Gasteiger partial charge in [-0.25, -0.2) is 16.8 Å². The van der Waals surface area contributed by atoms with E-state index in [0.717, 1.165) is 16.7 Å². The van der Waals surface area contributed by atoms with Crippen molar-refractivity contribution in [3.8, 4) is 11.1 Å². The van der Waals surface area contributed by atoms with E-state index < -0.39 is 25.1 Å². The SMILES string of the molecule is Cc1ccc(-c2ccc(S(=O)(=O)N3CCC(S(=O)(=O)Cc4ccco4)CC3)cc2)cc1. The average molecular weight is 460 g/mol. The number of rotatable bonds is 6. The number of hydrogen-bond acceptors (Lipinski definition) is 5. The van der Waals surface area contributed by atoms with E-state index in [2.05, 4.69) is 0 Å². The number of nitrogens with zero attached hydrogens (tertiary/aromatic N) is 1. The highest BCUT2D eigenvalue weighted by Crippen LogP contribution is 2.27. The molecule has 8 heteroatoms. The molecule has 1 aliphatic heterocycles. The van der Waals surface area contributed by atoms with Crippen LogP contribution in [0.4, 0.5) is 0 Å². The second kappa shape index (κ2) is 8.61. The first-order valence-electron chi connectivity index (χ1n) is 10.2. The third kappa shape index (κ3) is 4.76. The van der Waals surface area contributed by atoms with Gasteiger partial charge in [0.25, 0.3) is 0 Å². The summed E-state index contributed by atoms with van der Waals surface area (Å²) in [5, 5.41) is -0.562. The minimum atomic E-state index is -3.67. The van der Waals surface area contributed by atoms with Gasteiger partial charge in [0.1, 0.15) is 11.5 Å². The fourth-order valence-corrected chi connectivity index (χ4v) is 7.05. The number of benzene rings is 2. The Labute approximate surface area is 183 Å². The molecule has 0 spiro atoms. The van der Waals surface area contributed by atoms with Gasteiger partial charge in [-0.05, 0) is 55.2 Å². The van der Waals surface area contributed by atoms with Gasteiger partial charge >= 0.3 is 0 Å². The zero-order valence-electron chi connectivity index (χ0n) is 17.3. The fraction of sp³-hybridized carbons (Fsp3) is 0.304. The van der Waals surface area contributed by atoms with Crippen molar-refractivity contribution in [2.24, 2.45) is 0 Å². The molecule has 0 amide bonds. The summed E-state index contributed by atoms with van der Waals surface area (Å²) < 4.78 is 57.9. The molecule has 0 radical (unpaired) electrons. The molecule has 1 saturated heterocycles. The molecule has 2 heterocycles. The zero-order chi connectivity index (χ0) is 22.1. The zero-order valence-corrected chi connectivity index (χ0v) is 18.9. The van der Waals surface area contributed by atoms with E-state index in [1.807, 2.05) is 31.2 Å². The maximum atomic E-state index is 13.1. The van der Waals surface area contributed by atoms with Gasteiger partial charge in [0, 0.05) is 13.1 Å². The number of piperidine rings is 1. The summed E-state index contributed by atoms with van der Waals surface area (Å²) in [6.45, 7) is 2.39. The van der Waals surface area contributed by atoms with Crippen LogP contribution in [0.15, 0.2) is 76.2 Å². The minimum absolute atomic E-state index is 0.155. The lowest BCUT2D eigenvalue weighted by Crippen LogP contribution is -2.42. The van der Waals surface area contributed by atoms with Crippen LogP contribution in [0.2, 0.25) is 0 Å². The molecule has 164 valence electrons. The van der Waals surface area contributed by atoms with Gasteiger partial charge in [-0.15, -0.1) is 0 Å². The first-order valence-corrected chi connectivity index (χ1v) is 13.3. The summed E-state index contributed by atoms with van der Waals surface area (Å²) >= 11 is 0. The molecule has 1 fully saturated rings. The molecule has 4 rings (SSSR count). The standard InChI is InChI=1S/C23H25NO5S2/c1-18-4-6-19(7-5-18)20-8-10-23(11-9-20)31(27,28)24-14-12-22(13-15-24)30(25,26)17-21-3-2-16-29-21/h2-11,16,22H,12-15,17H2,1H3. The molecule has 31 heavy (non-hydrogen) atoms. The summed E-state index contributed by atoms with van der Waals surface area (Å²) in [4.78, 5) is 0.222. The van der Waals surface area contributed by atoms with Gasteiger partial charge in [0.15, 0.2) is 9.84 Å². The van der Waals surface area contributed by atoms with Crippen molar-refractivity contribution in [3.05, 3.63) is 78.3 Å². The van der Waals surface area contributed by atoms with Crippen LogP contribution in [0.3, 0.4) is 0 Å². The van der Waals surface area contributed by atoms with Crippen LogP contribution in [0, 0.1) is 6.92 Å². The van der Waals surface area contributed by atoms with Crippen LogP contribution in [-0.2, 0) is 25.6 Å². The molecular weight excluding hydrogens is 434 g/mol. The van der Waals surface area contributed by atoms with Crippen LogP contribution in [0.25, 0.3) is 11.1 Å². The van der Waals surface area contributed by atoms with Gasteiger partial charge in [-0.3, -0.25) is 0 Å². The summed E-state index contributed by atoms with van der Waals surface area (Å²) in [5.41, 5.74) is 3.14. The Kier molecular flexibility index (Phi) is 6.05. The Morgan fingerprint density at radius 1 is 0.871 bits per heavy atom. The maximum Gasteiger partial charge on any atom is 0.243 e. The molecule has 0 unspecified atom stereocenters. The number of sulfonamides is 1. The van der Waals surface area contributed by atoms with Crippen molar-refractivity contribution in [1.29, 1.82) is 0 Å². The number of sulfone groups is 1. The quantitative estimate of drug-likeness (QED) is 0.556. The molecule has 0 saturated carbocycles. The maximum absolute atomic E-state index is 13.1. The lowest BCUT2D eigenvalue weighted by Gasteiger charge is -2.30. The van der Waals surface area contributed by atoms with E-state index >= 15 is 0 Å². The lowest BCUT2D eigenvalue weighted by molar-refractivity contribution is 0.345. The summed E-state index contributed by atoms with van der Waals surface area (Å²) in [5.74, 6) is 0.251. The van der Waals surface area contributed by atoms with E-state index in [0.29, 0.717) is 5.76 Å². The molecule has 0 bridgehead atoms. The summed E-state index contributed by atoms with van der Waals surface area (Å²) in [6, 6.07) is 18.2. The van der Waals surface area contributed by atoms with Gasteiger partial charge in [-0.2, -0.15) is 4.31 Å². The Morgan fingerprint density at radius 3 is 2.00 bits per heavy atom. The lowest BCUT2D eigenvalue weighted by atomic mass is 10.0. The molecule has 0 N–H and O–H groups in total. The highest BCUT2D eigenvalue weighted by molar-refractivity contribution is 7.91. The van der Waals surface area contributed by atoms with Gasteiger partial charge < -0.3 is 4.42 Å². The van der Waals surface area contributed by atoms with Crippen LogP contribution < -0.4 is 0 Å². The average Bonchev–Trinajstić information content (AvgIpc) is 3.27. The van der Waals surface area contributed by atoms with E-state index in [1.165, 1.54) is 10.6 Å². The van der Waals surface area contributed by atoms with E-state index in [9.17, 15) is 16.8 Å². The summed E-state index contributed by atoms with van der Waals surface area (Å²) in [7, 11) is -7.06. The van der Waals surface area contributed by atoms with Crippen LogP contribution in [0.1, 0.15) is 24.2 Å². The number of furan rings is 1. The second-order valence-electron chi connectivity index (χ2n) is 7.88. The first kappa shape index (κ1) is 21.8.